The Balaban J connectivity index is 2.25. The number of rotatable bonds is 4. The fourth-order valence-electron chi connectivity index (χ4n) is 3.54. The van der Waals surface area contributed by atoms with Gasteiger partial charge in [0.05, 0.1) is 17.8 Å². The maximum atomic E-state index is 14.4. The molecule has 0 spiro atoms. The summed E-state index contributed by atoms with van der Waals surface area (Å²) in [6.45, 7) is 3.93. The minimum atomic E-state index is -4.67. The summed E-state index contributed by atoms with van der Waals surface area (Å²) in [5.41, 5.74) is -1.01. The Morgan fingerprint density at radius 3 is 2.38 bits per heavy atom. The molecule has 0 N–H and O–H groups in total. The van der Waals surface area contributed by atoms with Gasteiger partial charge in [-0.25, -0.2) is 4.39 Å². The Bertz CT molecular complexity index is 556. The fourth-order valence-corrected chi connectivity index (χ4v) is 3.54. The van der Waals surface area contributed by atoms with Crippen LogP contribution in [0.4, 0.5) is 17.6 Å². The van der Waals surface area contributed by atoms with Gasteiger partial charge in [0, 0.05) is 6.04 Å². The van der Waals surface area contributed by atoms with Gasteiger partial charge < -0.3 is 9.64 Å². The van der Waals surface area contributed by atoms with Crippen LogP contribution in [0.15, 0.2) is 18.2 Å². The van der Waals surface area contributed by atoms with Gasteiger partial charge in [0.2, 0.25) is 0 Å². The first kappa shape index (κ1) is 19.2. The number of alkyl halides is 3. The van der Waals surface area contributed by atoms with Crippen molar-refractivity contribution < 1.29 is 22.3 Å². The van der Waals surface area contributed by atoms with Crippen molar-refractivity contribution in [2.24, 2.45) is 0 Å². The number of hydrogen-bond acceptors (Lipinski definition) is 2. The number of ether oxygens (including phenoxy) is 1. The summed E-state index contributed by atoms with van der Waals surface area (Å²) in [7, 11) is 3.85. The van der Waals surface area contributed by atoms with E-state index in [1.165, 1.54) is 12.1 Å². The summed E-state index contributed by atoms with van der Waals surface area (Å²) in [5, 5.41) is 0. The Hall–Kier alpha value is -1.14. The highest BCUT2D eigenvalue weighted by Crippen LogP contribution is 2.40. The summed E-state index contributed by atoms with van der Waals surface area (Å²) in [6.07, 6.45) is -2.65. The Labute approximate surface area is 140 Å². The highest BCUT2D eigenvalue weighted by Gasteiger charge is 2.38. The molecule has 0 saturated heterocycles. The van der Waals surface area contributed by atoms with Crippen LogP contribution in [0.5, 0.6) is 0 Å². The Morgan fingerprint density at radius 2 is 1.83 bits per heavy atom. The molecular weight excluding hydrogens is 322 g/mol. The number of benzene rings is 1. The molecule has 24 heavy (non-hydrogen) atoms. The zero-order chi connectivity index (χ0) is 18.1. The van der Waals surface area contributed by atoms with Crippen molar-refractivity contribution in [2.75, 3.05) is 14.1 Å². The van der Waals surface area contributed by atoms with Gasteiger partial charge >= 0.3 is 6.18 Å². The van der Waals surface area contributed by atoms with Crippen LogP contribution in [-0.4, -0.2) is 37.2 Å². The van der Waals surface area contributed by atoms with E-state index >= 15 is 0 Å². The molecule has 0 aliphatic heterocycles. The quantitative estimate of drug-likeness (QED) is 0.723. The molecule has 0 unspecified atom stereocenters. The Morgan fingerprint density at radius 1 is 1.17 bits per heavy atom. The monoisotopic (exact) mass is 347 g/mol. The van der Waals surface area contributed by atoms with Crippen LogP contribution >= 0.6 is 0 Å². The van der Waals surface area contributed by atoms with Crippen molar-refractivity contribution in [1.29, 1.82) is 0 Å². The first-order valence-electron chi connectivity index (χ1n) is 8.28. The van der Waals surface area contributed by atoms with Crippen molar-refractivity contribution in [3.05, 3.63) is 35.1 Å². The van der Waals surface area contributed by atoms with Gasteiger partial charge in [0.1, 0.15) is 5.82 Å². The molecule has 0 heterocycles. The van der Waals surface area contributed by atoms with Gasteiger partial charge in [0.25, 0.3) is 0 Å². The second-order valence-corrected chi connectivity index (χ2v) is 6.97. The van der Waals surface area contributed by atoms with E-state index < -0.39 is 17.6 Å². The molecule has 1 aliphatic rings. The van der Waals surface area contributed by atoms with E-state index in [-0.39, 0.29) is 29.7 Å². The van der Waals surface area contributed by atoms with Crippen molar-refractivity contribution in [3.8, 4) is 0 Å². The minimum absolute atomic E-state index is 0.0186. The lowest BCUT2D eigenvalue weighted by Gasteiger charge is -2.40. The predicted octanol–water partition coefficient (Wildman–Crippen LogP) is 4.84. The van der Waals surface area contributed by atoms with E-state index in [0.717, 1.165) is 6.07 Å². The number of likely N-dealkylation sites (N-methyl/N-ethyl adjacent to an activating group) is 1. The third-order valence-corrected chi connectivity index (χ3v) is 4.64. The second-order valence-electron chi connectivity index (χ2n) is 6.97. The van der Waals surface area contributed by atoms with Crippen LogP contribution in [-0.2, 0) is 10.9 Å². The van der Waals surface area contributed by atoms with Crippen LogP contribution in [0.25, 0.3) is 0 Å². The van der Waals surface area contributed by atoms with Crippen LogP contribution in [0.3, 0.4) is 0 Å². The first-order valence-corrected chi connectivity index (χ1v) is 8.28. The smallest absolute Gasteiger partial charge is 0.374 e. The second kappa shape index (κ2) is 7.40. The highest BCUT2D eigenvalue weighted by molar-refractivity contribution is 5.31. The molecule has 3 atom stereocenters. The summed E-state index contributed by atoms with van der Waals surface area (Å²) in [5.74, 6) is -1.36. The van der Waals surface area contributed by atoms with Crippen LogP contribution in [0.2, 0.25) is 0 Å². The molecule has 0 bridgehead atoms. The molecule has 1 saturated carbocycles. The minimum Gasteiger partial charge on any atom is -0.374 e. The fraction of sp³-hybridized carbons (Fsp3) is 0.667. The van der Waals surface area contributed by atoms with Gasteiger partial charge in [-0.1, -0.05) is 12.1 Å². The number of hydrogen-bond donors (Lipinski definition) is 0. The maximum Gasteiger partial charge on any atom is 0.419 e. The molecule has 0 radical (unpaired) electrons. The number of nitrogens with zero attached hydrogens (tertiary/aromatic N) is 1. The topological polar surface area (TPSA) is 12.5 Å². The summed E-state index contributed by atoms with van der Waals surface area (Å²) < 4.78 is 59.2. The van der Waals surface area contributed by atoms with Crippen molar-refractivity contribution >= 4 is 0 Å². The molecule has 1 aliphatic carbocycles. The van der Waals surface area contributed by atoms with E-state index in [2.05, 4.69) is 0 Å². The molecule has 1 aromatic rings. The van der Waals surface area contributed by atoms with Gasteiger partial charge in [-0.05, 0) is 64.8 Å². The van der Waals surface area contributed by atoms with Gasteiger partial charge in [-0.3, -0.25) is 0 Å². The van der Waals surface area contributed by atoms with Crippen molar-refractivity contribution in [3.63, 3.8) is 0 Å². The normalized spacial score (nSPS) is 25.5. The largest absolute Gasteiger partial charge is 0.419 e. The van der Waals surface area contributed by atoms with Crippen LogP contribution in [0, 0.1) is 5.82 Å². The molecule has 0 aromatic heterocycles. The molecule has 1 aromatic carbocycles. The highest BCUT2D eigenvalue weighted by atomic mass is 19.4. The number of halogens is 4. The SMILES string of the molecule is CC(C)O[C@H]1CC[C@H](c2cccc(C(F)(F)F)c2F)C[C@@H]1N(C)C. The lowest BCUT2D eigenvalue weighted by atomic mass is 9.78. The van der Waals surface area contributed by atoms with Crippen LogP contribution < -0.4 is 0 Å². The third kappa shape index (κ3) is 4.28. The van der Waals surface area contributed by atoms with Crippen molar-refractivity contribution in [2.45, 2.75) is 63.5 Å². The Kier molecular flexibility index (Phi) is 5.91. The zero-order valence-corrected chi connectivity index (χ0v) is 14.5. The van der Waals surface area contributed by atoms with Gasteiger partial charge in [0.15, 0.2) is 0 Å². The first-order chi connectivity index (χ1) is 11.1. The predicted molar refractivity (Wildman–Crippen MR) is 85.5 cm³/mol. The molecule has 136 valence electrons. The summed E-state index contributed by atoms with van der Waals surface area (Å²) in [4.78, 5) is 2.02. The molecule has 6 heteroatoms. The van der Waals surface area contributed by atoms with E-state index in [1.807, 2.05) is 32.8 Å². The molecule has 0 amide bonds. The van der Waals surface area contributed by atoms with E-state index in [0.29, 0.717) is 19.3 Å². The standard InChI is InChI=1S/C18H25F4NO/c1-11(2)24-16-9-8-12(10-15(16)23(3)4)13-6-5-7-14(17(13)19)18(20,21)22/h5-7,11-12,15-16H,8-10H2,1-4H3/t12-,15-,16-/m0/s1. The summed E-state index contributed by atoms with van der Waals surface area (Å²) in [6, 6.07) is 3.63. The third-order valence-electron chi connectivity index (χ3n) is 4.64. The zero-order valence-electron chi connectivity index (χ0n) is 14.5. The van der Waals surface area contributed by atoms with E-state index in [9.17, 15) is 17.6 Å². The molecule has 2 nitrogen and oxygen atoms in total. The van der Waals surface area contributed by atoms with Crippen molar-refractivity contribution in [1.82, 2.24) is 4.90 Å². The molecular formula is C18H25F4NO. The van der Waals surface area contributed by atoms with E-state index in [1.54, 1.807) is 0 Å². The van der Waals surface area contributed by atoms with Crippen LogP contribution in [0.1, 0.15) is 50.2 Å². The van der Waals surface area contributed by atoms with Gasteiger partial charge in [-0.2, -0.15) is 13.2 Å². The average molecular weight is 347 g/mol. The lowest BCUT2D eigenvalue weighted by Crippen LogP contribution is -2.45. The van der Waals surface area contributed by atoms with E-state index in [4.69, 9.17) is 4.74 Å². The van der Waals surface area contributed by atoms with Gasteiger partial charge in [-0.15, -0.1) is 0 Å². The summed E-state index contributed by atoms with van der Waals surface area (Å²) >= 11 is 0. The average Bonchev–Trinajstić information content (AvgIpc) is 2.46. The maximum absolute atomic E-state index is 14.4. The molecule has 2 rings (SSSR count). The lowest BCUT2D eigenvalue weighted by molar-refractivity contribution is -0.140. The molecule has 1 fully saturated rings.